The summed E-state index contributed by atoms with van der Waals surface area (Å²) >= 11 is 5.87. The normalized spacial score (nSPS) is 10.4. The molecule has 1 N–H and O–H groups in total. The monoisotopic (exact) mass is 249 g/mol. The van der Waals surface area contributed by atoms with Crippen LogP contribution in [0.2, 0.25) is 5.02 Å². The molecule has 2 rings (SSSR count). The van der Waals surface area contributed by atoms with E-state index in [2.05, 4.69) is 5.32 Å². The quantitative estimate of drug-likeness (QED) is 0.803. The summed E-state index contributed by atoms with van der Waals surface area (Å²) < 4.78 is 13.6. The van der Waals surface area contributed by atoms with Gasteiger partial charge in [0, 0.05) is 10.7 Å². The molecule has 0 atom stereocenters. The van der Waals surface area contributed by atoms with Gasteiger partial charge >= 0.3 is 0 Å². The molecule has 2 aromatic carbocycles. The molecule has 2 aromatic rings. The van der Waals surface area contributed by atoms with Crippen LogP contribution in [-0.2, 0) is 0 Å². The minimum absolute atomic E-state index is 0.259. The Bertz CT molecular complexity index is 552. The first-order valence-electron chi connectivity index (χ1n) is 5.35. The first-order valence-corrected chi connectivity index (χ1v) is 5.73. The van der Waals surface area contributed by atoms with Crippen LogP contribution in [-0.4, -0.2) is 0 Å². The van der Waals surface area contributed by atoms with Crippen molar-refractivity contribution in [2.45, 2.75) is 13.8 Å². The number of nitrogens with one attached hydrogen (secondary N) is 1. The molecule has 0 saturated heterocycles. The van der Waals surface area contributed by atoms with E-state index in [4.69, 9.17) is 11.6 Å². The van der Waals surface area contributed by atoms with E-state index in [1.165, 1.54) is 6.07 Å². The number of hydrogen-bond acceptors (Lipinski definition) is 1. The highest BCUT2D eigenvalue weighted by atomic mass is 35.5. The third-order valence-corrected chi connectivity index (χ3v) is 2.81. The maximum absolute atomic E-state index is 13.6. The van der Waals surface area contributed by atoms with Crippen LogP contribution in [0.4, 0.5) is 15.8 Å². The predicted molar refractivity (Wildman–Crippen MR) is 70.6 cm³/mol. The van der Waals surface area contributed by atoms with Crippen molar-refractivity contribution in [2.75, 3.05) is 5.32 Å². The Morgan fingerprint density at radius 2 is 1.76 bits per heavy atom. The molecule has 88 valence electrons. The fourth-order valence-corrected chi connectivity index (χ4v) is 1.87. The van der Waals surface area contributed by atoms with Crippen LogP contribution in [0.5, 0.6) is 0 Å². The number of aryl methyl sites for hydroxylation is 2. The van der Waals surface area contributed by atoms with Crippen molar-refractivity contribution >= 4 is 23.0 Å². The van der Waals surface area contributed by atoms with Gasteiger partial charge in [-0.05, 0) is 55.3 Å². The first-order chi connectivity index (χ1) is 8.06. The van der Waals surface area contributed by atoms with Crippen molar-refractivity contribution in [3.63, 3.8) is 0 Å². The Morgan fingerprint density at radius 1 is 1.00 bits per heavy atom. The van der Waals surface area contributed by atoms with Gasteiger partial charge in [0.1, 0.15) is 5.82 Å². The topological polar surface area (TPSA) is 12.0 Å². The highest BCUT2D eigenvalue weighted by molar-refractivity contribution is 6.30. The second kappa shape index (κ2) is 4.76. The van der Waals surface area contributed by atoms with Gasteiger partial charge in [-0.25, -0.2) is 4.39 Å². The van der Waals surface area contributed by atoms with Gasteiger partial charge in [0.2, 0.25) is 0 Å². The van der Waals surface area contributed by atoms with Crippen molar-refractivity contribution in [2.24, 2.45) is 0 Å². The van der Waals surface area contributed by atoms with E-state index < -0.39 is 0 Å². The van der Waals surface area contributed by atoms with Crippen LogP contribution < -0.4 is 5.32 Å². The van der Waals surface area contributed by atoms with E-state index in [-0.39, 0.29) is 5.82 Å². The van der Waals surface area contributed by atoms with Crippen molar-refractivity contribution in [1.29, 1.82) is 0 Å². The smallest absolute Gasteiger partial charge is 0.146 e. The van der Waals surface area contributed by atoms with Crippen LogP contribution in [0.25, 0.3) is 0 Å². The number of rotatable bonds is 2. The molecular weight excluding hydrogens is 237 g/mol. The molecule has 1 nitrogen and oxygen atoms in total. The number of hydrogen-bond donors (Lipinski definition) is 1. The Hall–Kier alpha value is -1.54. The minimum Gasteiger partial charge on any atom is -0.353 e. The molecule has 0 aromatic heterocycles. The molecule has 3 heteroatoms. The molecule has 0 amide bonds. The molecule has 0 heterocycles. The molecule has 0 bridgehead atoms. The maximum Gasteiger partial charge on any atom is 0.146 e. The third-order valence-electron chi connectivity index (χ3n) is 2.58. The summed E-state index contributed by atoms with van der Waals surface area (Å²) in [6, 6.07) is 10.5. The summed E-state index contributed by atoms with van der Waals surface area (Å²) in [5, 5.41) is 3.75. The van der Waals surface area contributed by atoms with E-state index in [1.807, 2.05) is 26.0 Å². The van der Waals surface area contributed by atoms with Crippen LogP contribution in [0.3, 0.4) is 0 Å². The molecule has 0 saturated carbocycles. The summed E-state index contributed by atoms with van der Waals surface area (Å²) in [5.74, 6) is -0.259. The lowest BCUT2D eigenvalue weighted by molar-refractivity contribution is 0.631. The zero-order chi connectivity index (χ0) is 12.4. The van der Waals surface area contributed by atoms with Crippen LogP contribution in [0.15, 0.2) is 36.4 Å². The van der Waals surface area contributed by atoms with Crippen molar-refractivity contribution < 1.29 is 4.39 Å². The molecule has 0 radical (unpaired) electrons. The van der Waals surface area contributed by atoms with Crippen LogP contribution in [0, 0.1) is 19.7 Å². The Balaban J connectivity index is 2.34. The van der Waals surface area contributed by atoms with Crippen LogP contribution >= 0.6 is 11.6 Å². The average molecular weight is 250 g/mol. The largest absolute Gasteiger partial charge is 0.353 e. The summed E-state index contributed by atoms with van der Waals surface area (Å²) in [6.07, 6.45) is 0. The van der Waals surface area contributed by atoms with Crippen LogP contribution in [0.1, 0.15) is 11.1 Å². The van der Waals surface area contributed by atoms with Gasteiger partial charge < -0.3 is 5.32 Å². The van der Waals surface area contributed by atoms with Gasteiger partial charge in [0.05, 0.1) is 5.69 Å². The summed E-state index contributed by atoms with van der Waals surface area (Å²) in [5.41, 5.74) is 3.34. The molecule has 0 aliphatic rings. The Morgan fingerprint density at radius 3 is 2.47 bits per heavy atom. The molecule has 0 aliphatic carbocycles. The van der Waals surface area contributed by atoms with E-state index in [0.717, 1.165) is 16.8 Å². The highest BCUT2D eigenvalue weighted by Crippen LogP contribution is 2.25. The Labute approximate surface area is 105 Å². The number of halogens is 2. The third kappa shape index (κ3) is 2.77. The second-order valence-electron chi connectivity index (χ2n) is 4.07. The molecule has 0 spiro atoms. The fraction of sp³-hybridized carbons (Fsp3) is 0.143. The summed E-state index contributed by atoms with van der Waals surface area (Å²) in [6.45, 7) is 3.86. The molecule has 0 fully saturated rings. The lowest BCUT2D eigenvalue weighted by Gasteiger charge is -2.11. The number of anilines is 2. The van der Waals surface area contributed by atoms with Gasteiger partial charge in [0.25, 0.3) is 0 Å². The average Bonchev–Trinajstić information content (AvgIpc) is 2.27. The van der Waals surface area contributed by atoms with Gasteiger partial charge in [-0.2, -0.15) is 0 Å². The molecule has 0 unspecified atom stereocenters. The van der Waals surface area contributed by atoms with Gasteiger partial charge in [-0.15, -0.1) is 0 Å². The van der Waals surface area contributed by atoms with Crippen molar-refractivity contribution in [3.05, 3.63) is 58.4 Å². The number of benzene rings is 2. The highest BCUT2D eigenvalue weighted by Gasteiger charge is 2.04. The molecule has 17 heavy (non-hydrogen) atoms. The van der Waals surface area contributed by atoms with Gasteiger partial charge in [-0.1, -0.05) is 17.7 Å². The van der Waals surface area contributed by atoms with Crippen molar-refractivity contribution in [1.82, 2.24) is 0 Å². The minimum atomic E-state index is -0.259. The molecular formula is C14H13ClFN. The van der Waals surface area contributed by atoms with Gasteiger partial charge in [-0.3, -0.25) is 0 Å². The summed E-state index contributed by atoms with van der Waals surface area (Å²) in [7, 11) is 0. The van der Waals surface area contributed by atoms with E-state index in [9.17, 15) is 4.39 Å². The Kier molecular flexibility index (Phi) is 3.34. The summed E-state index contributed by atoms with van der Waals surface area (Å²) in [4.78, 5) is 0. The maximum atomic E-state index is 13.6. The SMILES string of the molecule is Cc1ccc(F)c(Nc2ccc(Cl)cc2C)c1. The van der Waals surface area contributed by atoms with E-state index in [1.54, 1.807) is 18.2 Å². The predicted octanol–water partition coefficient (Wildman–Crippen LogP) is 4.84. The lowest BCUT2D eigenvalue weighted by atomic mass is 10.1. The lowest BCUT2D eigenvalue weighted by Crippen LogP contribution is -1.96. The van der Waals surface area contributed by atoms with E-state index in [0.29, 0.717) is 10.7 Å². The van der Waals surface area contributed by atoms with Crippen molar-refractivity contribution in [3.8, 4) is 0 Å². The standard InChI is InChI=1S/C14H13ClFN/c1-9-3-5-12(16)14(7-9)17-13-6-4-11(15)8-10(13)2/h3-8,17H,1-2H3. The zero-order valence-electron chi connectivity index (χ0n) is 9.72. The van der Waals surface area contributed by atoms with Gasteiger partial charge in [0.15, 0.2) is 0 Å². The first kappa shape index (κ1) is 11.9. The second-order valence-corrected chi connectivity index (χ2v) is 4.50. The fourth-order valence-electron chi connectivity index (χ4n) is 1.65. The van der Waals surface area contributed by atoms with E-state index >= 15 is 0 Å². The molecule has 0 aliphatic heterocycles. The zero-order valence-corrected chi connectivity index (χ0v) is 10.5.